The second-order valence-electron chi connectivity index (χ2n) is 2.76. The number of benzene rings is 1. The van der Waals surface area contributed by atoms with Crippen LogP contribution in [0.3, 0.4) is 0 Å². The molecule has 0 amide bonds. The number of hydrogen-bond acceptors (Lipinski definition) is 1. The van der Waals surface area contributed by atoms with Crippen LogP contribution >= 0.6 is 39.5 Å². The van der Waals surface area contributed by atoms with Gasteiger partial charge in [-0.1, -0.05) is 0 Å². The van der Waals surface area contributed by atoms with Crippen molar-refractivity contribution in [2.75, 3.05) is 19.0 Å². The zero-order valence-corrected chi connectivity index (χ0v) is 13.5. The predicted octanol–water partition coefficient (Wildman–Crippen LogP) is 3.22. The normalized spacial score (nSPS) is 10.9. The van der Waals surface area contributed by atoms with Crippen molar-refractivity contribution in [1.29, 1.82) is 0 Å². The molecule has 0 spiro atoms. The van der Waals surface area contributed by atoms with Crippen LogP contribution in [-0.2, 0) is 8.47 Å². The Hall–Kier alpha value is 0.973. The van der Waals surface area contributed by atoms with Gasteiger partial charge in [0.2, 0.25) is 0 Å². The molecule has 74 valence electrons. The van der Waals surface area contributed by atoms with E-state index in [4.69, 9.17) is 0 Å². The fraction of sp³-hybridized carbons (Fsp3) is 0.222. The van der Waals surface area contributed by atoms with Gasteiger partial charge in [-0.15, -0.1) is 0 Å². The van der Waals surface area contributed by atoms with Crippen LogP contribution in [0.4, 0.5) is 5.69 Å². The molecular formula is C9H11I2NRu. The van der Waals surface area contributed by atoms with Crippen molar-refractivity contribution >= 4 is 49.8 Å². The molecule has 0 N–H and O–H groups in total. The Morgan fingerprint density at radius 3 is 2.38 bits per heavy atom. The van der Waals surface area contributed by atoms with Crippen LogP contribution < -0.4 is 4.90 Å². The number of hydrogen-bond donors (Lipinski definition) is 0. The average molecular weight is 488 g/mol. The van der Waals surface area contributed by atoms with E-state index in [9.17, 15) is 0 Å². The van der Waals surface area contributed by atoms with Crippen LogP contribution in [0.15, 0.2) is 24.3 Å². The zero-order valence-electron chi connectivity index (χ0n) is 7.44. The number of rotatable bonds is 2. The van der Waals surface area contributed by atoms with E-state index in [-0.39, 0.29) is 0 Å². The SMILES string of the molecule is CN(C)c1ccccc1[CH]=[Ru]([I])[I]. The summed E-state index contributed by atoms with van der Waals surface area (Å²) in [6, 6.07) is 8.54. The van der Waals surface area contributed by atoms with E-state index in [2.05, 4.69) is 87.4 Å². The van der Waals surface area contributed by atoms with Gasteiger partial charge in [0.25, 0.3) is 0 Å². The van der Waals surface area contributed by atoms with Crippen LogP contribution in [0, 0.1) is 0 Å². The second kappa shape index (κ2) is 5.76. The quantitative estimate of drug-likeness (QED) is 0.457. The molecular weight excluding hydrogens is 477 g/mol. The van der Waals surface area contributed by atoms with Crippen molar-refractivity contribution in [2.45, 2.75) is 0 Å². The van der Waals surface area contributed by atoms with E-state index >= 15 is 0 Å². The van der Waals surface area contributed by atoms with Gasteiger partial charge in [0, 0.05) is 0 Å². The van der Waals surface area contributed by atoms with Crippen molar-refractivity contribution in [3.63, 3.8) is 0 Å². The molecule has 1 nitrogen and oxygen atoms in total. The molecule has 1 aromatic carbocycles. The fourth-order valence-corrected chi connectivity index (χ4v) is 4.70. The molecule has 0 heterocycles. The molecule has 1 aromatic rings. The molecule has 0 fully saturated rings. The van der Waals surface area contributed by atoms with Crippen LogP contribution in [0.25, 0.3) is 0 Å². The van der Waals surface area contributed by atoms with E-state index in [1.54, 1.807) is 0 Å². The van der Waals surface area contributed by atoms with Gasteiger partial charge in [-0.05, 0) is 0 Å². The van der Waals surface area contributed by atoms with Gasteiger partial charge >= 0.3 is 107 Å². The summed E-state index contributed by atoms with van der Waals surface area (Å²) >= 11 is 5.08. The first-order valence-corrected chi connectivity index (χ1v) is 15.0. The second-order valence-corrected chi connectivity index (χ2v) is 22.6. The van der Waals surface area contributed by atoms with Gasteiger partial charge in [-0.2, -0.15) is 0 Å². The number of anilines is 1. The molecule has 13 heavy (non-hydrogen) atoms. The van der Waals surface area contributed by atoms with Crippen molar-refractivity contribution in [2.24, 2.45) is 0 Å². The van der Waals surface area contributed by atoms with E-state index in [1.807, 2.05) is 0 Å². The zero-order chi connectivity index (χ0) is 9.84. The summed E-state index contributed by atoms with van der Waals surface area (Å²) in [6.07, 6.45) is 0. The van der Waals surface area contributed by atoms with Gasteiger partial charge < -0.3 is 0 Å². The van der Waals surface area contributed by atoms with Crippen molar-refractivity contribution in [3.8, 4) is 0 Å². The third-order valence-corrected chi connectivity index (χ3v) is 5.13. The van der Waals surface area contributed by atoms with Crippen molar-refractivity contribution < 1.29 is 8.47 Å². The van der Waals surface area contributed by atoms with E-state index in [1.165, 1.54) is 11.3 Å². The molecule has 0 aliphatic heterocycles. The molecule has 0 aliphatic rings. The Bertz CT molecular complexity index is 319. The molecule has 0 unspecified atom stereocenters. The van der Waals surface area contributed by atoms with Gasteiger partial charge in [-0.25, -0.2) is 0 Å². The average Bonchev–Trinajstić information content (AvgIpc) is 2.03. The Morgan fingerprint density at radius 1 is 1.23 bits per heavy atom. The van der Waals surface area contributed by atoms with Gasteiger partial charge in [-0.3, -0.25) is 0 Å². The molecule has 0 saturated carbocycles. The summed E-state index contributed by atoms with van der Waals surface area (Å²) < 4.78 is 2.40. The Morgan fingerprint density at radius 2 is 1.85 bits per heavy atom. The predicted molar refractivity (Wildman–Crippen MR) is 74.0 cm³/mol. The van der Waals surface area contributed by atoms with Gasteiger partial charge in [0.1, 0.15) is 0 Å². The summed E-state index contributed by atoms with van der Waals surface area (Å²) in [6.45, 7) is 0. The topological polar surface area (TPSA) is 3.24 Å². The van der Waals surface area contributed by atoms with E-state index in [0.29, 0.717) is 0 Å². The molecule has 1 rings (SSSR count). The first-order valence-electron chi connectivity index (χ1n) is 3.71. The Labute approximate surface area is 106 Å². The van der Waals surface area contributed by atoms with Gasteiger partial charge in [0.05, 0.1) is 0 Å². The monoisotopic (exact) mass is 489 g/mol. The van der Waals surface area contributed by atoms with Crippen LogP contribution in [0.2, 0.25) is 0 Å². The number of nitrogens with zero attached hydrogens (tertiary/aromatic N) is 1. The standard InChI is InChI=1S/C9H11N.2HI.Ru/c1-8-6-4-5-7-9(8)10(2)3;;;/h1,4-7H,2-3H3;2*1H;/q;;;+2/p-2. The Balaban J connectivity index is 3.12. The molecule has 0 aromatic heterocycles. The van der Waals surface area contributed by atoms with Gasteiger partial charge in [0.15, 0.2) is 0 Å². The first kappa shape index (κ1) is 12.0. The molecule has 4 heteroatoms. The van der Waals surface area contributed by atoms with Crippen LogP contribution in [-0.4, -0.2) is 18.7 Å². The molecule has 0 radical (unpaired) electrons. The minimum atomic E-state index is -0.717. The first-order chi connectivity index (χ1) is 6.11. The maximum absolute atomic E-state index is 2.54. The summed E-state index contributed by atoms with van der Waals surface area (Å²) in [4.78, 5) is 2.16. The Kier molecular flexibility index (Phi) is 5.33. The van der Waals surface area contributed by atoms with Crippen LogP contribution in [0.5, 0.6) is 0 Å². The summed E-state index contributed by atoms with van der Waals surface area (Å²) in [5.41, 5.74) is 2.68. The molecule has 0 saturated heterocycles. The minimum absolute atomic E-state index is 0.717. The third kappa shape index (κ3) is 3.92. The summed E-state index contributed by atoms with van der Waals surface area (Å²) in [5.74, 6) is 0. The van der Waals surface area contributed by atoms with Crippen molar-refractivity contribution in [1.82, 2.24) is 0 Å². The number of para-hydroxylation sites is 1. The molecule has 0 bridgehead atoms. The van der Waals surface area contributed by atoms with Crippen molar-refractivity contribution in [3.05, 3.63) is 29.8 Å². The maximum atomic E-state index is 2.54. The molecule has 0 aliphatic carbocycles. The molecule has 0 atom stereocenters. The third-order valence-electron chi connectivity index (χ3n) is 1.61. The number of halogens is 2. The summed E-state index contributed by atoms with van der Waals surface area (Å²) in [5, 5.41) is 0. The van der Waals surface area contributed by atoms with E-state index < -0.39 is 8.47 Å². The summed E-state index contributed by atoms with van der Waals surface area (Å²) in [7, 11) is 3.46. The van der Waals surface area contributed by atoms with Crippen LogP contribution in [0.1, 0.15) is 5.56 Å². The fourth-order valence-electron chi connectivity index (χ4n) is 1.06. The van der Waals surface area contributed by atoms with E-state index in [0.717, 1.165) is 0 Å².